The molecule has 1 fully saturated rings. The molecule has 2 aromatic carbocycles. The number of esters is 3. The molecular formula is C21H22O8. The second kappa shape index (κ2) is 8.48. The van der Waals surface area contributed by atoms with Gasteiger partial charge in [-0.2, -0.15) is 0 Å². The second-order valence-corrected chi connectivity index (χ2v) is 6.63. The van der Waals surface area contributed by atoms with Gasteiger partial charge in [-0.1, -0.05) is 18.2 Å². The maximum atomic E-state index is 12.2. The minimum Gasteiger partial charge on any atom is -0.497 e. The molecule has 8 heteroatoms. The molecule has 0 aliphatic heterocycles. The number of ether oxygens (including phenoxy) is 4. The number of aliphatic hydroxyl groups is 1. The van der Waals surface area contributed by atoms with Gasteiger partial charge in [-0.25, -0.2) is 9.59 Å². The van der Waals surface area contributed by atoms with E-state index < -0.39 is 42.0 Å². The lowest BCUT2D eigenvalue weighted by atomic mass is 10.00. The Kier molecular flexibility index (Phi) is 6.03. The smallest absolute Gasteiger partial charge is 0.417 e. The third kappa shape index (κ3) is 4.17. The average molecular weight is 402 g/mol. The van der Waals surface area contributed by atoms with Crippen LogP contribution in [-0.4, -0.2) is 49.9 Å². The minimum absolute atomic E-state index is 0.146. The molecule has 29 heavy (non-hydrogen) atoms. The van der Waals surface area contributed by atoms with E-state index in [0.29, 0.717) is 11.3 Å². The number of carbonyl (C=O) groups excluding carboxylic acids is 3. The van der Waals surface area contributed by atoms with Gasteiger partial charge in [0.15, 0.2) is 0 Å². The molecule has 0 heterocycles. The van der Waals surface area contributed by atoms with Gasteiger partial charge in [0.05, 0.1) is 26.9 Å². The first-order valence-electron chi connectivity index (χ1n) is 9.12. The topological polar surface area (TPSA) is 108 Å². The van der Waals surface area contributed by atoms with Crippen molar-refractivity contribution in [2.45, 2.75) is 19.1 Å². The highest BCUT2D eigenvalue weighted by Crippen LogP contribution is 2.51. The fourth-order valence-electron chi connectivity index (χ4n) is 3.39. The average Bonchev–Trinajstić information content (AvgIpc) is 3.45. The molecule has 0 aromatic heterocycles. The predicted molar refractivity (Wildman–Crippen MR) is 101 cm³/mol. The summed E-state index contributed by atoms with van der Waals surface area (Å²) in [5, 5.41) is 12.6. The van der Waals surface area contributed by atoms with E-state index in [2.05, 4.69) is 4.74 Å². The molecule has 4 atom stereocenters. The number of carbonyl (C=O) groups is 3. The van der Waals surface area contributed by atoms with Gasteiger partial charge < -0.3 is 24.1 Å². The van der Waals surface area contributed by atoms with Gasteiger partial charge in [0.2, 0.25) is 0 Å². The molecule has 0 amide bonds. The standard InChI is InChI=1S/C21H22O8/c1-4-28-19(23)16-15(18(16)29-21(25)20(24)27-3)17(22)13-6-5-12-10-14(26-2)8-7-11(12)9-13/h5-10,15-18,22H,4H2,1-3H3/t15-,16+,17-,18+/m0/s1. The van der Waals surface area contributed by atoms with Crippen LogP contribution in [0.2, 0.25) is 0 Å². The number of rotatable bonds is 6. The Morgan fingerprint density at radius 3 is 2.38 bits per heavy atom. The summed E-state index contributed by atoms with van der Waals surface area (Å²) in [5.41, 5.74) is 0.554. The quantitative estimate of drug-likeness (QED) is 0.443. The Labute approximate surface area is 167 Å². The summed E-state index contributed by atoms with van der Waals surface area (Å²) in [4.78, 5) is 35.3. The van der Waals surface area contributed by atoms with Gasteiger partial charge in [-0.05, 0) is 41.5 Å². The zero-order chi connectivity index (χ0) is 21.1. The van der Waals surface area contributed by atoms with Crippen LogP contribution in [0.15, 0.2) is 36.4 Å². The molecule has 1 aliphatic carbocycles. The molecule has 1 N–H and O–H groups in total. The van der Waals surface area contributed by atoms with Crippen molar-refractivity contribution in [3.63, 3.8) is 0 Å². The molecule has 0 radical (unpaired) electrons. The number of methoxy groups -OCH3 is 2. The summed E-state index contributed by atoms with van der Waals surface area (Å²) in [5.74, 6) is -3.85. The highest BCUT2D eigenvalue weighted by Gasteiger charge is 2.62. The Morgan fingerprint density at radius 2 is 1.72 bits per heavy atom. The molecule has 154 valence electrons. The molecule has 1 aliphatic rings. The predicted octanol–water partition coefficient (Wildman–Crippen LogP) is 1.78. The van der Waals surface area contributed by atoms with E-state index in [1.807, 2.05) is 18.2 Å². The lowest BCUT2D eigenvalue weighted by molar-refractivity contribution is -0.168. The van der Waals surface area contributed by atoms with Crippen LogP contribution in [-0.2, 0) is 28.6 Å². The summed E-state index contributed by atoms with van der Waals surface area (Å²) >= 11 is 0. The lowest BCUT2D eigenvalue weighted by Gasteiger charge is -2.12. The Balaban J connectivity index is 1.83. The number of aliphatic hydroxyl groups excluding tert-OH is 1. The van der Waals surface area contributed by atoms with Crippen LogP contribution in [0.25, 0.3) is 10.8 Å². The van der Waals surface area contributed by atoms with E-state index in [-0.39, 0.29) is 6.61 Å². The molecular weight excluding hydrogens is 380 g/mol. The van der Waals surface area contributed by atoms with Crippen molar-refractivity contribution >= 4 is 28.7 Å². The second-order valence-electron chi connectivity index (χ2n) is 6.63. The van der Waals surface area contributed by atoms with Gasteiger partial charge in [0, 0.05) is 5.92 Å². The largest absolute Gasteiger partial charge is 0.497 e. The highest BCUT2D eigenvalue weighted by atomic mass is 16.6. The molecule has 2 aromatic rings. The molecule has 3 rings (SSSR count). The van der Waals surface area contributed by atoms with Crippen LogP contribution in [0.1, 0.15) is 18.6 Å². The van der Waals surface area contributed by atoms with Gasteiger partial charge >= 0.3 is 17.9 Å². The summed E-state index contributed by atoms with van der Waals surface area (Å²) in [6.07, 6.45) is -2.06. The van der Waals surface area contributed by atoms with Crippen molar-refractivity contribution in [3.05, 3.63) is 42.0 Å². The van der Waals surface area contributed by atoms with E-state index in [1.165, 1.54) is 0 Å². The Morgan fingerprint density at radius 1 is 1.03 bits per heavy atom. The van der Waals surface area contributed by atoms with Crippen molar-refractivity contribution in [1.82, 2.24) is 0 Å². The number of hydrogen-bond acceptors (Lipinski definition) is 8. The van der Waals surface area contributed by atoms with E-state index in [9.17, 15) is 19.5 Å². The van der Waals surface area contributed by atoms with Crippen molar-refractivity contribution in [3.8, 4) is 5.75 Å². The normalized spacial score (nSPS) is 21.2. The van der Waals surface area contributed by atoms with Gasteiger partial charge in [-0.3, -0.25) is 4.79 Å². The zero-order valence-electron chi connectivity index (χ0n) is 16.3. The summed E-state index contributed by atoms with van der Waals surface area (Å²) in [7, 11) is 2.63. The van der Waals surface area contributed by atoms with Crippen LogP contribution in [0, 0.1) is 11.8 Å². The molecule has 1 saturated carbocycles. The molecule has 0 saturated heterocycles. The van der Waals surface area contributed by atoms with Crippen molar-refractivity contribution in [2.75, 3.05) is 20.8 Å². The minimum atomic E-state index is -1.22. The van der Waals surface area contributed by atoms with Crippen LogP contribution in [0.4, 0.5) is 0 Å². The zero-order valence-corrected chi connectivity index (χ0v) is 16.3. The maximum Gasteiger partial charge on any atom is 0.417 e. The maximum absolute atomic E-state index is 12.2. The monoisotopic (exact) mass is 402 g/mol. The van der Waals surface area contributed by atoms with Crippen molar-refractivity contribution in [1.29, 1.82) is 0 Å². The Hall–Kier alpha value is -3.13. The summed E-state index contributed by atoms with van der Waals surface area (Å²) in [6, 6.07) is 10.9. The SMILES string of the molecule is CCOC(=O)[C@H]1[C@H](OC(=O)C(=O)OC)[C@@H]1[C@@H](O)c1ccc2cc(OC)ccc2c1. The van der Waals surface area contributed by atoms with Crippen LogP contribution < -0.4 is 4.74 Å². The molecule has 8 nitrogen and oxygen atoms in total. The van der Waals surface area contributed by atoms with E-state index in [4.69, 9.17) is 14.2 Å². The van der Waals surface area contributed by atoms with E-state index in [1.54, 1.807) is 32.2 Å². The molecule has 0 bridgehead atoms. The van der Waals surface area contributed by atoms with Crippen molar-refractivity contribution in [2.24, 2.45) is 11.8 Å². The van der Waals surface area contributed by atoms with Gasteiger partial charge in [-0.15, -0.1) is 0 Å². The third-order valence-corrected chi connectivity index (χ3v) is 4.94. The first-order chi connectivity index (χ1) is 13.9. The first-order valence-corrected chi connectivity index (χ1v) is 9.12. The number of fused-ring (bicyclic) bond motifs is 1. The van der Waals surface area contributed by atoms with Crippen LogP contribution in [0.3, 0.4) is 0 Å². The third-order valence-electron chi connectivity index (χ3n) is 4.94. The van der Waals surface area contributed by atoms with E-state index >= 15 is 0 Å². The van der Waals surface area contributed by atoms with Crippen LogP contribution in [0.5, 0.6) is 5.75 Å². The van der Waals surface area contributed by atoms with Crippen molar-refractivity contribution < 1.29 is 38.4 Å². The first kappa shape index (κ1) is 20.6. The fourth-order valence-corrected chi connectivity index (χ4v) is 3.39. The highest BCUT2D eigenvalue weighted by molar-refractivity contribution is 6.29. The lowest BCUT2D eigenvalue weighted by Crippen LogP contribution is -2.22. The molecule has 0 unspecified atom stereocenters. The number of hydrogen-bond donors (Lipinski definition) is 1. The van der Waals surface area contributed by atoms with E-state index in [0.717, 1.165) is 17.9 Å². The summed E-state index contributed by atoms with van der Waals surface area (Å²) in [6.45, 7) is 1.80. The van der Waals surface area contributed by atoms with Gasteiger partial charge in [0.1, 0.15) is 17.8 Å². The van der Waals surface area contributed by atoms with Gasteiger partial charge in [0.25, 0.3) is 0 Å². The van der Waals surface area contributed by atoms with Crippen LogP contribution >= 0.6 is 0 Å². The fraction of sp³-hybridized carbons (Fsp3) is 0.381. The number of benzene rings is 2. The summed E-state index contributed by atoms with van der Waals surface area (Å²) < 4.78 is 19.6. The molecule has 0 spiro atoms. The Bertz CT molecular complexity index is 937.